The minimum atomic E-state index is -0.281. The Morgan fingerprint density at radius 3 is 2.79 bits per heavy atom. The van der Waals surface area contributed by atoms with Crippen molar-refractivity contribution in [3.63, 3.8) is 0 Å². The Balaban J connectivity index is 1.68. The van der Waals surface area contributed by atoms with Gasteiger partial charge in [0.25, 0.3) is 5.91 Å². The van der Waals surface area contributed by atoms with E-state index < -0.39 is 0 Å². The predicted molar refractivity (Wildman–Crippen MR) is 87.8 cm³/mol. The molecule has 0 saturated carbocycles. The molecule has 2 amide bonds. The molecule has 2 fully saturated rings. The van der Waals surface area contributed by atoms with Crippen molar-refractivity contribution in [3.8, 4) is 0 Å². The van der Waals surface area contributed by atoms with Gasteiger partial charge >= 0.3 is 0 Å². The maximum Gasteiger partial charge on any atom is 0.271 e. The second-order valence-electron chi connectivity index (χ2n) is 6.42. The Hall–Kier alpha value is -2.22. The van der Waals surface area contributed by atoms with Gasteiger partial charge in [-0.15, -0.1) is 0 Å². The normalized spacial score (nSPS) is 26.8. The summed E-state index contributed by atoms with van der Waals surface area (Å²) in [6.45, 7) is 0.704. The molecule has 3 rings (SSSR count). The van der Waals surface area contributed by atoms with Gasteiger partial charge in [0.1, 0.15) is 11.5 Å². The van der Waals surface area contributed by atoms with Gasteiger partial charge in [-0.1, -0.05) is 0 Å². The van der Waals surface area contributed by atoms with Crippen LogP contribution in [-0.4, -0.2) is 60.7 Å². The smallest absolute Gasteiger partial charge is 0.271 e. The fourth-order valence-electron chi connectivity index (χ4n) is 3.14. The predicted octanol–water partition coefficient (Wildman–Crippen LogP) is 0.0986. The molecule has 8 nitrogen and oxygen atoms in total. The largest absolute Gasteiger partial charge is 0.376 e. The molecule has 1 aromatic heterocycles. The lowest BCUT2D eigenvalue weighted by atomic mass is 9.92. The minimum absolute atomic E-state index is 0.0103. The molecule has 0 spiro atoms. The first kappa shape index (κ1) is 16.6. The van der Waals surface area contributed by atoms with Gasteiger partial charge in [-0.25, -0.2) is 9.97 Å². The number of amides is 2. The van der Waals surface area contributed by atoms with E-state index in [4.69, 9.17) is 4.74 Å². The van der Waals surface area contributed by atoms with Crippen LogP contribution in [0.4, 0.5) is 5.82 Å². The van der Waals surface area contributed by atoms with Crippen LogP contribution in [0.15, 0.2) is 12.4 Å². The summed E-state index contributed by atoms with van der Waals surface area (Å²) in [6, 6.07) is -0.347. The standard InChI is InChI=1S/C16H23N5O3/c1-21(2)13-9-17-11(8-18-13)16(23)19-10-5-6-14(22)20-15(10)12-4-3-7-24-12/h8-10,12,15H,3-7H2,1-2H3,(H,19,23)(H,20,22)/t10-,12-,15+/m1/s1. The molecule has 130 valence electrons. The fourth-order valence-corrected chi connectivity index (χ4v) is 3.14. The third-order valence-electron chi connectivity index (χ3n) is 4.45. The molecule has 2 aliphatic heterocycles. The van der Waals surface area contributed by atoms with Crippen molar-refractivity contribution >= 4 is 17.6 Å². The zero-order valence-electron chi connectivity index (χ0n) is 14.0. The number of hydrogen-bond acceptors (Lipinski definition) is 6. The molecule has 0 bridgehead atoms. The SMILES string of the molecule is CN(C)c1cnc(C(=O)N[C@@H]2CCC(=O)N[C@@H]2[C@H]2CCCO2)cn1. The maximum absolute atomic E-state index is 12.5. The van der Waals surface area contributed by atoms with Crippen LogP contribution in [0, 0.1) is 0 Å². The molecular formula is C16H23N5O3. The molecule has 8 heteroatoms. The highest BCUT2D eigenvalue weighted by atomic mass is 16.5. The number of carbonyl (C=O) groups excluding carboxylic acids is 2. The van der Waals surface area contributed by atoms with Crippen LogP contribution in [0.3, 0.4) is 0 Å². The molecule has 2 N–H and O–H groups in total. The lowest BCUT2D eigenvalue weighted by Crippen LogP contribution is -2.60. The molecule has 0 radical (unpaired) electrons. The third kappa shape index (κ3) is 3.64. The molecule has 1 aromatic rings. The Bertz CT molecular complexity index is 598. The molecule has 3 heterocycles. The topological polar surface area (TPSA) is 96.5 Å². The van der Waals surface area contributed by atoms with Crippen LogP contribution >= 0.6 is 0 Å². The van der Waals surface area contributed by atoms with Crippen molar-refractivity contribution < 1.29 is 14.3 Å². The van der Waals surface area contributed by atoms with E-state index in [1.807, 2.05) is 19.0 Å². The average molecular weight is 333 g/mol. The quantitative estimate of drug-likeness (QED) is 0.811. The van der Waals surface area contributed by atoms with E-state index in [2.05, 4.69) is 20.6 Å². The van der Waals surface area contributed by atoms with Gasteiger partial charge in [0.05, 0.1) is 30.6 Å². The van der Waals surface area contributed by atoms with E-state index in [0.717, 1.165) is 12.8 Å². The first-order valence-electron chi connectivity index (χ1n) is 8.26. The summed E-state index contributed by atoms with van der Waals surface area (Å²) in [5.41, 5.74) is 0.267. The monoisotopic (exact) mass is 333 g/mol. The highest BCUT2D eigenvalue weighted by Gasteiger charge is 2.37. The van der Waals surface area contributed by atoms with Gasteiger partial charge in [-0.2, -0.15) is 0 Å². The summed E-state index contributed by atoms with van der Waals surface area (Å²) < 4.78 is 5.70. The number of hydrogen-bond donors (Lipinski definition) is 2. The number of carbonyl (C=O) groups is 2. The van der Waals surface area contributed by atoms with E-state index >= 15 is 0 Å². The van der Waals surface area contributed by atoms with Gasteiger partial charge in [-0.05, 0) is 19.3 Å². The zero-order valence-corrected chi connectivity index (χ0v) is 14.0. The second kappa shape index (κ2) is 7.12. The van der Waals surface area contributed by atoms with Crippen LogP contribution in [0.5, 0.6) is 0 Å². The summed E-state index contributed by atoms with van der Waals surface area (Å²) in [6.07, 6.45) is 5.87. The van der Waals surface area contributed by atoms with Gasteiger partial charge in [-0.3, -0.25) is 9.59 Å². The molecule has 0 aliphatic carbocycles. The molecule has 0 aromatic carbocycles. The van der Waals surface area contributed by atoms with Crippen molar-refractivity contribution in [1.82, 2.24) is 20.6 Å². The van der Waals surface area contributed by atoms with Crippen LogP contribution in [0.25, 0.3) is 0 Å². The summed E-state index contributed by atoms with van der Waals surface area (Å²) in [5.74, 6) is 0.418. The van der Waals surface area contributed by atoms with Crippen LogP contribution in [0.1, 0.15) is 36.2 Å². The number of nitrogens with zero attached hydrogens (tertiary/aromatic N) is 3. The van der Waals surface area contributed by atoms with Crippen molar-refractivity contribution in [3.05, 3.63) is 18.1 Å². The Labute approximate surface area is 141 Å². The van der Waals surface area contributed by atoms with Crippen molar-refractivity contribution in [2.24, 2.45) is 0 Å². The van der Waals surface area contributed by atoms with E-state index in [1.54, 1.807) is 6.20 Å². The zero-order chi connectivity index (χ0) is 17.1. The average Bonchev–Trinajstić information content (AvgIpc) is 3.11. The number of anilines is 1. The van der Waals surface area contributed by atoms with Gasteiger partial charge in [0, 0.05) is 27.1 Å². The van der Waals surface area contributed by atoms with Gasteiger partial charge < -0.3 is 20.3 Å². The molecule has 24 heavy (non-hydrogen) atoms. The van der Waals surface area contributed by atoms with Crippen molar-refractivity contribution in [1.29, 1.82) is 0 Å². The summed E-state index contributed by atoms with van der Waals surface area (Å²) in [4.78, 5) is 34.4. The summed E-state index contributed by atoms with van der Waals surface area (Å²) in [7, 11) is 3.72. The van der Waals surface area contributed by atoms with Crippen LogP contribution in [0.2, 0.25) is 0 Å². The Morgan fingerprint density at radius 1 is 1.33 bits per heavy atom. The first-order valence-corrected chi connectivity index (χ1v) is 8.26. The van der Waals surface area contributed by atoms with Crippen LogP contribution in [-0.2, 0) is 9.53 Å². The molecule has 0 unspecified atom stereocenters. The Morgan fingerprint density at radius 2 is 2.17 bits per heavy atom. The highest BCUT2D eigenvalue weighted by molar-refractivity contribution is 5.92. The molecule has 2 aliphatic rings. The van der Waals surface area contributed by atoms with E-state index in [1.165, 1.54) is 6.20 Å². The lowest BCUT2D eigenvalue weighted by Gasteiger charge is -2.35. The fraction of sp³-hybridized carbons (Fsp3) is 0.625. The Kier molecular flexibility index (Phi) is 4.94. The highest BCUT2D eigenvalue weighted by Crippen LogP contribution is 2.22. The summed E-state index contributed by atoms with van der Waals surface area (Å²) in [5, 5.41) is 5.95. The van der Waals surface area contributed by atoms with Crippen LogP contribution < -0.4 is 15.5 Å². The maximum atomic E-state index is 12.5. The molecular weight excluding hydrogens is 310 g/mol. The molecule has 2 saturated heterocycles. The molecule has 3 atom stereocenters. The third-order valence-corrected chi connectivity index (χ3v) is 4.45. The number of piperidine rings is 1. The number of nitrogens with one attached hydrogen (secondary N) is 2. The lowest BCUT2D eigenvalue weighted by molar-refractivity contribution is -0.125. The van der Waals surface area contributed by atoms with Gasteiger partial charge in [0.15, 0.2) is 0 Å². The number of aromatic nitrogens is 2. The van der Waals surface area contributed by atoms with Crippen molar-refractivity contribution in [2.75, 3.05) is 25.6 Å². The van der Waals surface area contributed by atoms with Gasteiger partial charge in [0.2, 0.25) is 5.91 Å². The van der Waals surface area contributed by atoms with E-state index in [0.29, 0.717) is 25.3 Å². The van der Waals surface area contributed by atoms with E-state index in [9.17, 15) is 9.59 Å². The number of rotatable bonds is 4. The minimum Gasteiger partial charge on any atom is -0.376 e. The van der Waals surface area contributed by atoms with Crippen molar-refractivity contribution in [2.45, 2.75) is 43.9 Å². The first-order chi connectivity index (χ1) is 11.5. The second-order valence-corrected chi connectivity index (χ2v) is 6.42. The van der Waals surface area contributed by atoms with E-state index in [-0.39, 0.29) is 35.7 Å². The summed E-state index contributed by atoms with van der Waals surface area (Å²) >= 11 is 0. The number of ether oxygens (including phenoxy) is 1.